The number of pyridine rings is 1. The number of ether oxygens (including phenoxy) is 1. The second kappa shape index (κ2) is 7.63. The molecule has 0 aliphatic carbocycles. The number of aromatic amines is 1. The van der Waals surface area contributed by atoms with Crippen molar-refractivity contribution in [2.24, 2.45) is 10.9 Å². The number of aromatic nitrogens is 2. The molecule has 0 bridgehead atoms. The third kappa shape index (κ3) is 3.62. The summed E-state index contributed by atoms with van der Waals surface area (Å²) in [6, 6.07) is 17.5. The Labute approximate surface area is 166 Å². The van der Waals surface area contributed by atoms with E-state index in [1.165, 1.54) is 12.1 Å². The highest BCUT2D eigenvalue weighted by Crippen LogP contribution is 2.33. The molecule has 0 atom stereocenters. The monoisotopic (exact) mass is 390 g/mol. The molecule has 0 aliphatic heterocycles. The third-order valence-electron chi connectivity index (χ3n) is 4.78. The van der Waals surface area contributed by atoms with E-state index in [-0.39, 0.29) is 11.7 Å². The minimum absolute atomic E-state index is 0.0470. The number of benzene rings is 2. The molecule has 0 fully saturated rings. The predicted octanol–water partition coefficient (Wildman–Crippen LogP) is 4.06. The number of oxime groups is 1. The summed E-state index contributed by atoms with van der Waals surface area (Å²) in [5, 5.41) is 12.9. The van der Waals surface area contributed by atoms with E-state index in [1.807, 2.05) is 30.3 Å². The van der Waals surface area contributed by atoms with Gasteiger partial charge in [-0.05, 0) is 59.7 Å². The number of hydrogen-bond donors (Lipinski definition) is 3. The SMILES string of the molecule is COc1ccc2c(Cc3cccc(C(N)=NO)n3)c(-c3ccc(F)cc3)[nH]c2c1. The Morgan fingerprint density at radius 2 is 1.97 bits per heavy atom. The highest BCUT2D eigenvalue weighted by Gasteiger charge is 2.16. The highest BCUT2D eigenvalue weighted by atomic mass is 19.1. The standard InChI is InChI=1S/C22H19FN4O2/c1-29-16-9-10-17-18(11-15-3-2-4-19(25-15)22(24)27-28)21(26-20(17)12-16)13-5-7-14(23)8-6-13/h2-10,12,26,28H,11H2,1H3,(H2,24,27). The number of nitrogens with one attached hydrogen (secondary N) is 1. The molecule has 0 unspecified atom stereocenters. The maximum atomic E-state index is 13.4. The van der Waals surface area contributed by atoms with E-state index in [9.17, 15) is 4.39 Å². The zero-order valence-electron chi connectivity index (χ0n) is 15.7. The van der Waals surface area contributed by atoms with Crippen LogP contribution in [0.4, 0.5) is 4.39 Å². The first-order valence-electron chi connectivity index (χ1n) is 8.97. The minimum atomic E-state index is -0.291. The van der Waals surface area contributed by atoms with E-state index in [2.05, 4.69) is 15.1 Å². The lowest BCUT2D eigenvalue weighted by molar-refractivity contribution is 0.318. The first-order chi connectivity index (χ1) is 14.1. The maximum absolute atomic E-state index is 13.4. The molecule has 4 rings (SSSR count). The van der Waals surface area contributed by atoms with Crippen LogP contribution in [0.2, 0.25) is 0 Å². The summed E-state index contributed by atoms with van der Waals surface area (Å²) >= 11 is 0. The van der Waals surface area contributed by atoms with E-state index in [1.54, 1.807) is 25.3 Å². The van der Waals surface area contributed by atoms with Gasteiger partial charge in [0, 0.05) is 29.1 Å². The lowest BCUT2D eigenvalue weighted by atomic mass is 10.0. The molecule has 0 saturated heterocycles. The fraction of sp³-hybridized carbons (Fsp3) is 0.0909. The summed E-state index contributed by atoms with van der Waals surface area (Å²) in [5.41, 5.74) is 10.5. The van der Waals surface area contributed by atoms with Crippen molar-refractivity contribution in [3.8, 4) is 17.0 Å². The molecule has 7 heteroatoms. The van der Waals surface area contributed by atoms with Crippen LogP contribution >= 0.6 is 0 Å². The molecule has 0 amide bonds. The molecule has 29 heavy (non-hydrogen) atoms. The van der Waals surface area contributed by atoms with Gasteiger partial charge in [-0.25, -0.2) is 9.37 Å². The van der Waals surface area contributed by atoms with Gasteiger partial charge in [0.15, 0.2) is 5.84 Å². The van der Waals surface area contributed by atoms with Crippen molar-refractivity contribution in [1.82, 2.24) is 9.97 Å². The van der Waals surface area contributed by atoms with Crippen LogP contribution < -0.4 is 10.5 Å². The number of rotatable bonds is 5. The Balaban J connectivity index is 1.85. The number of nitrogens with zero attached hydrogens (tertiary/aromatic N) is 2. The Hall–Kier alpha value is -3.87. The first-order valence-corrected chi connectivity index (χ1v) is 8.97. The van der Waals surface area contributed by atoms with Gasteiger partial charge in [-0.1, -0.05) is 11.2 Å². The van der Waals surface area contributed by atoms with Crippen molar-refractivity contribution in [2.75, 3.05) is 7.11 Å². The van der Waals surface area contributed by atoms with Gasteiger partial charge < -0.3 is 20.7 Å². The molecule has 146 valence electrons. The van der Waals surface area contributed by atoms with Gasteiger partial charge in [-0.3, -0.25) is 0 Å². The van der Waals surface area contributed by atoms with Gasteiger partial charge in [0.2, 0.25) is 0 Å². The van der Waals surface area contributed by atoms with Crippen molar-refractivity contribution in [2.45, 2.75) is 6.42 Å². The summed E-state index contributed by atoms with van der Waals surface area (Å²) in [4.78, 5) is 7.92. The van der Waals surface area contributed by atoms with Gasteiger partial charge in [-0.2, -0.15) is 0 Å². The van der Waals surface area contributed by atoms with Crippen molar-refractivity contribution >= 4 is 16.7 Å². The molecule has 2 heterocycles. The average Bonchev–Trinajstić information content (AvgIpc) is 3.11. The Kier molecular flexibility index (Phi) is 4.87. The Morgan fingerprint density at radius 1 is 1.17 bits per heavy atom. The van der Waals surface area contributed by atoms with Crippen molar-refractivity contribution < 1.29 is 14.3 Å². The predicted molar refractivity (Wildman–Crippen MR) is 110 cm³/mol. The molecule has 0 spiro atoms. The number of nitrogens with two attached hydrogens (primary N) is 1. The zero-order valence-corrected chi connectivity index (χ0v) is 15.7. The number of methoxy groups -OCH3 is 1. The van der Waals surface area contributed by atoms with Crippen LogP contribution in [0, 0.1) is 5.82 Å². The van der Waals surface area contributed by atoms with Crippen molar-refractivity contribution in [1.29, 1.82) is 0 Å². The molecule has 0 saturated carbocycles. The Bertz CT molecular complexity index is 1200. The molecule has 4 aromatic rings. The van der Waals surface area contributed by atoms with E-state index in [0.717, 1.165) is 39.2 Å². The lowest BCUT2D eigenvalue weighted by Gasteiger charge is -2.07. The van der Waals surface area contributed by atoms with Crippen LogP contribution in [0.25, 0.3) is 22.2 Å². The van der Waals surface area contributed by atoms with E-state index < -0.39 is 0 Å². The Morgan fingerprint density at radius 3 is 2.69 bits per heavy atom. The normalized spacial score (nSPS) is 11.7. The highest BCUT2D eigenvalue weighted by molar-refractivity contribution is 5.95. The zero-order chi connectivity index (χ0) is 20.4. The molecule has 0 aliphatic rings. The van der Waals surface area contributed by atoms with Crippen LogP contribution in [0.15, 0.2) is 65.8 Å². The molecule has 6 nitrogen and oxygen atoms in total. The van der Waals surface area contributed by atoms with Crippen LogP contribution in [-0.2, 0) is 6.42 Å². The van der Waals surface area contributed by atoms with Gasteiger partial charge in [0.1, 0.15) is 17.3 Å². The summed E-state index contributed by atoms with van der Waals surface area (Å²) in [6.45, 7) is 0. The summed E-state index contributed by atoms with van der Waals surface area (Å²) in [7, 11) is 1.62. The quantitative estimate of drug-likeness (QED) is 0.207. The maximum Gasteiger partial charge on any atom is 0.188 e. The summed E-state index contributed by atoms with van der Waals surface area (Å²) in [6.07, 6.45) is 0.506. The molecule has 2 aromatic heterocycles. The largest absolute Gasteiger partial charge is 0.497 e. The average molecular weight is 390 g/mol. The first kappa shape index (κ1) is 18.5. The number of H-pyrrole nitrogens is 1. The van der Waals surface area contributed by atoms with Crippen LogP contribution in [-0.4, -0.2) is 28.1 Å². The molecule has 4 N–H and O–H groups in total. The van der Waals surface area contributed by atoms with Crippen molar-refractivity contribution in [3.63, 3.8) is 0 Å². The number of amidine groups is 1. The fourth-order valence-electron chi connectivity index (χ4n) is 3.36. The van der Waals surface area contributed by atoms with E-state index in [0.29, 0.717) is 12.1 Å². The second-order valence-corrected chi connectivity index (χ2v) is 6.57. The van der Waals surface area contributed by atoms with Gasteiger partial charge >= 0.3 is 0 Å². The fourth-order valence-corrected chi connectivity index (χ4v) is 3.36. The topological polar surface area (TPSA) is 96.5 Å². The smallest absolute Gasteiger partial charge is 0.188 e. The molecular weight excluding hydrogens is 371 g/mol. The lowest BCUT2D eigenvalue weighted by Crippen LogP contribution is -2.15. The minimum Gasteiger partial charge on any atom is -0.497 e. The van der Waals surface area contributed by atoms with E-state index in [4.69, 9.17) is 15.7 Å². The van der Waals surface area contributed by atoms with Gasteiger partial charge in [0.05, 0.1) is 12.8 Å². The van der Waals surface area contributed by atoms with Gasteiger partial charge in [-0.15, -0.1) is 0 Å². The second-order valence-electron chi connectivity index (χ2n) is 6.57. The van der Waals surface area contributed by atoms with Crippen LogP contribution in [0.3, 0.4) is 0 Å². The molecule has 2 aromatic carbocycles. The molecule has 0 radical (unpaired) electrons. The van der Waals surface area contributed by atoms with Crippen LogP contribution in [0.5, 0.6) is 5.75 Å². The molecular formula is C22H19FN4O2. The number of fused-ring (bicyclic) bond motifs is 1. The number of halogens is 1. The third-order valence-corrected chi connectivity index (χ3v) is 4.78. The van der Waals surface area contributed by atoms with Gasteiger partial charge in [0.25, 0.3) is 0 Å². The van der Waals surface area contributed by atoms with E-state index >= 15 is 0 Å². The summed E-state index contributed by atoms with van der Waals surface area (Å²) in [5.74, 6) is 0.401. The van der Waals surface area contributed by atoms with Crippen molar-refractivity contribution in [3.05, 3.63) is 83.4 Å². The summed E-state index contributed by atoms with van der Waals surface area (Å²) < 4.78 is 18.8. The number of hydrogen-bond acceptors (Lipinski definition) is 4. The van der Waals surface area contributed by atoms with Crippen LogP contribution in [0.1, 0.15) is 17.0 Å².